The Kier molecular flexibility index (Phi) is 7.70. The van der Waals surface area contributed by atoms with Crippen molar-refractivity contribution in [2.24, 2.45) is 5.41 Å². The summed E-state index contributed by atoms with van der Waals surface area (Å²) in [4.78, 5) is 38.1. The fourth-order valence-corrected chi connectivity index (χ4v) is 5.62. The molecule has 2 aromatic rings. The van der Waals surface area contributed by atoms with Crippen LogP contribution in [-0.2, 0) is 11.2 Å². The highest BCUT2D eigenvalue weighted by molar-refractivity contribution is 6.31. The van der Waals surface area contributed by atoms with Crippen LogP contribution in [-0.4, -0.2) is 52.7 Å². The van der Waals surface area contributed by atoms with Crippen LogP contribution in [0.3, 0.4) is 0 Å². The van der Waals surface area contributed by atoms with Crippen molar-refractivity contribution in [1.82, 2.24) is 10.2 Å². The number of likely N-dealkylation sites (tertiary alicyclic amines) is 1. The van der Waals surface area contributed by atoms with Crippen molar-refractivity contribution in [2.75, 3.05) is 18.5 Å². The molecule has 40 heavy (non-hydrogen) atoms. The zero-order valence-corrected chi connectivity index (χ0v) is 22.7. The number of alkyl carbamates (subject to hydrolysis) is 1. The number of fused-ring (bicyclic) bond motifs is 1. The van der Waals surface area contributed by atoms with E-state index in [1.54, 1.807) is 20.8 Å². The average molecular weight is 586 g/mol. The third kappa shape index (κ3) is 5.54. The molecule has 0 saturated carbocycles. The molecule has 3 amide bonds. The molecule has 1 unspecified atom stereocenters. The lowest BCUT2D eigenvalue weighted by Crippen LogP contribution is -2.58. The number of rotatable bonds is 5. The van der Waals surface area contributed by atoms with Gasteiger partial charge >= 0.3 is 12.2 Å². The Labute approximate surface area is 232 Å². The Balaban J connectivity index is 1.50. The first kappa shape index (κ1) is 29.4. The number of benzene rings is 2. The quantitative estimate of drug-likeness (QED) is 0.353. The number of amides is 3. The highest BCUT2D eigenvalue weighted by Gasteiger charge is 2.62. The number of hydrogen-bond acceptors (Lipinski definition) is 4. The normalized spacial score (nSPS) is 21.6. The van der Waals surface area contributed by atoms with Crippen molar-refractivity contribution in [3.05, 3.63) is 63.7 Å². The van der Waals surface area contributed by atoms with Crippen LogP contribution in [0.15, 0.2) is 30.3 Å². The summed E-state index contributed by atoms with van der Waals surface area (Å²) < 4.78 is 62.4. The maximum Gasteiger partial charge on any atom is 0.408 e. The molecular formula is C27H28ClF4N3O5. The molecule has 8 nitrogen and oxygen atoms in total. The highest BCUT2D eigenvalue weighted by atomic mass is 35.5. The van der Waals surface area contributed by atoms with Crippen molar-refractivity contribution in [3.63, 3.8) is 0 Å². The zero-order valence-electron chi connectivity index (χ0n) is 21.9. The largest absolute Gasteiger partial charge is 0.465 e. The van der Waals surface area contributed by atoms with E-state index in [0.717, 1.165) is 12.1 Å². The maximum atomic E-state index is 14.9. The van der Waals surface area contributed by atoms with Gasteiger partial charge in [-0.3, -0.25) is 9.69 Å². The van der Waals surface area contributed by atoms with Gasteiger partial charge in [-0.05, 0) is 54.2 Å². The number of carbonyl (C=O) groups excluding carboxylic acids is 2. The van der Waals surface area contributed by atoms with Crippen LogP contribution in [0.2, 0.25) is 5.02 Å². The monoisotopic (exact) mass is 585 g/mol. The van der Waals surface area contributed by atoms with E-state index < -0.39 is 72.2 Å². The van der Waals surface area contributed by atoms with E-state index in [4.69, 9.17) is 16.3 Å². The van der Waals surface area contributed by atoms with Gasteiger partial charge in [0.25, 0.3) is 11.8 Å². The van der Waals surface area contributed by atoms with E-state index in [1.807, 2.05) is 0 Å². The van der Waals surface area contributed by atoms with Crippen molar-refractivity contribution in [3.8, 4) is 0 Å². The van der Waals surface area contributed by atoms with E-state index in [9.17, 15) is 37.1 Å². The minimum Gasteiger partial charge on any atom is -0.465 e. The molecule has 4 rings (SSSR count). The Morgan fingerprint density at radius 1 is 1.15 bits per heavy atom. The lowest BCUT2D eigenvalue weighted by atomic mass is 9.72. The molecule has 13 heteroatoms. The number of nitrogens with one attached hydrogen (secondary N) is 2. The number of nitrogens with zero attached hydrogens (tertiary/aromatic N) is 1. The molecule has 1 saturated heterocycles. The third-order valence-electron chi connectivity index (χ3n) is 7.58. The topological polar surface area (TPSA) is 108 Å². The van der Waals surface area contributed by atoms with E-state index in [2.05, 4.69) is 10.6 Å². The van der Waals surface area contributed by atoms with Crippen molar-refractivity contribution < 1.29 is 41.8 Å². The minimum atomic E-state index is -3.31. The van der Waals surface area contributed by atoms with Crippen LogP contribution in [0.1, 0.15) is 61.1 Å². The second kappa shape index (κ2) is 10.5. The molecular weight excluding hydrogens is 558 g/mol. The molecule has 2 aromatic carbocycles. The smallest absolute Gasteiger partial charge is 0.408 e. The van der Waals surface area contributed by atoms with Gasteiger partial charge < -0.3 is 20.5 Å². The first-order valence-corrected chi connectivity index (χ1v) is 12.8. The molecule has 0 spiro atoms. The summed E-state index contributed by atoms with van der Waals surface area (Å²) in [6, 6.07) is 5.13. The van der Waals surface area contributed by atoms with Crippen LogP contribution in [0.5, 0.6) is 0 Å². The van der Waals surface area contributed by atoms with Crippen molar-refractivity contribution in [1.29, 1.82) is 0 Å². The summed E-state index contributed by atoms with van der Waals surface area (Å²) in [6.45, 7) is 3.08. The standard InChI is InChI=1S/C27H28ClF4N3O5/c1-25(2,3)26(11-27(31,32)12-35(26)24(38)39)13-40-23(37)34-20-9-6-15-16(5-8-19(30)21(15)20)22(36)33-14-4-7-18(29)17(28)10-14/h4-5,7-8,10,20H,6,9,11-13H2,1-3H3,(H,33,36)(H,34,37)(H,38,39)/t20-,26?/m0/s1. The maximum absolute atomic E-state index is 14.9. The molecule has 3 N–H and O–H groups in total. The summed E-state index contributed by atoms with van der Waals surface area (Å²) in [5.74, 6) is -5.23. The SMILES string of the molecule is CC(C)(C)C1(COC(=O)N[C@H]2CCc3c(C(=O)Nc4ccc(F)c(Cl)c4)ccc(F)c32)CC(F)(F)CN1C(=O)O. The summed E-state index contributed by atoms with van der Waals surface area (Å²) >= 11 is 5.77. The van der Waals surface area contributed by atoms with E-state index in [0.29, 0.717) is 10.5 Å². The first-order chi connectivity index (χ1) is 18.5. The molecule has 1 fully saturated rings. The third-order valence-corrected chi connectivity index (χ3v) is 7.87. The van der Waals surface area contributed by atoms with E-state index in [-0.39, 0.29) is 34.7 Å². The van der Waals surface area contributed by atoms with Gasteiger partial charge in [-0.2, -0.15) is 0 Å². The predicted octanol–water partition coefficient (Wildman–Crippen LogP) is 6.39. The molecule has 1 heterocycles. The Morgan fingerprint density at radius 2 is 1.82 bits per heavy atom. The van der Waals surface area contributed by atoms with Gasteiger partial charge in [0.2, 0.25) is 0 Å². The lowest BCUT2D eigenvalue weighted by Gasteiger charge is -2.45. The molecule has 2 aliphatic rings. The Hall–Kier alpha value is -3.54. The zero-order chi connectivity index (χ0) is 29.6. The van der Waals surface area contributed by atoms with Gasteiger partial charge in [0.05, 0.1) is 23.1 Å². The minimum absolute atomic E-state index is 0.0758. The van der Waals surface area contributed by atoms with Gasteiger partial charge in [-0.1, -0.05) is 32.4 Å². The van der Waals surface area contributed by atoms with Crippen molar-refractivity contribution in [2.45, 2.75) is 57.5 Å². The molecule has 0 bridgehead atoms. The fourth-order valence-electron chi connectivity index (χ4n) is 5.44. The average Bonchev–Trinajstić information content (AvgIpc) is 3.39. The van der Waals surface area contributed by atoms with Crippen LogP contribution >= 0.6 is 11.6 Å². The number of carboxylic acid groups (broad SMARTS) is 1. The number of carbonyl (C=O) groups is 3. The van der Waals surface area contributed by atoms with E-state index >= 15 is 0 Å². The number of ether oxygens (including phenoxy) is 1. The first-order valence-electron chi connectivity index (χ1n) is 12.4. The van der Waals surface area contributed by atoms with Crippen LogP contribution in [0.4, 0.5) is 32.8 Å². The summed E-state index contributed by atoms with van der Waals surface area (Å²) in [5, 5.41) is 14.5. The van der Waals surface area contributed by atoms with Gasteiger partial charge in [-0.15, -0.1) is 0 Å². The van der Waals surface area contributed by atoms with E-state index in [1.165, 1.54) is 18.2 Å². The number of hydrogen-bond donors (Lipinski definition) is 3. The number of alkyl halides is 2. The number of anilines is 1. The fraction of sp³-hybridized carbons (Fsp3) is 0.444. The van der Waals surface area contributed by atoms with Gasteiger partial charge in [0.1, 0.15) is 18.2 Å². The lowest BCUT2D eigenvalue weighted by molar-refractivity contribution is -0.0269. The molecule has 2 atom stereocenters. The van der Waals surface area contributed by atoms with Gasteiger partial charge in [-0.25, -0.2) is 27.2 Å². The van der Waals surface area contributed by atoms with Crippen LogP contribution < -0.4 is 10.6 Å². The highest BCUT2D eigenvalue weighted by Crippen LogP contribution is 2.49. The van der Waals surface area contributed by atoms with Crippen molar-refractivity contribution >= 4 is 35.4 Å². The number of halogens is 5. The second-order valence-corrected chi connectivity index (χ2v) is 11.5. The van der Waals surface area contributed by atoms with Crippen LogP contribution in [0, 0.1) is 17.0 Å². The van der Waals surface area contributed by atoms with Gasteiger partial charge in [0.15, 0.2) is 0 Å². The van der Waals surface area contributed by atoms with Crippen LogP contribution in [0.25, 0.3) is 0 Å². The van der Waals surface area contributed by atoms with Gasteiger partial charge in [0, 0.05) is 23.2 Å². The predicted molar refractivity (Wildman–Crippen MR) is 138 cm³/mol. The Morgan fingerprint density at radius 3 is 2.45 bits per heavy atom. The molecule has 216 valence electrons. The molecule has 1 aliphatic heterocycles. The summed E-state index contributed by atoms with van der Waals surface area (Å²) in [5.41, 5.74) is -1.92. The molecule has 0 aromatic heterocycles. The Bertz CT molecular complexity index is 1370. The summed E-state index contributed by atoms with van der Waals surface area (Å²) in [7, 11) is 0. The molecule has 1 aliphatic carbocycles. The summed E-state index contributed by atoms with van der Waals surface area (Å²) in [6.07, 6.45) is -2.98. The molecule has 0 radical (unpaired) electrons. The second-order valence-electron chi connectivity index (χ2n) is 11.1.